The molecule has 2 rings (SSSR count). The van der Waals surface area contributed by atoms with Gasteiger partial charge in [0.25, 0.3) is 5.56 Å². The van der Waals surface area contributed by atoms with E-state index < -0.39 is 0 Å². The summed E-state index contributed by atoms with van der Waals surface area (Å²) >= 11 is 3.41. The maximum Gasteiger partial charge on any atom is 0.285 e. The van der Waals surface area contributed by atoms with Crippen molar-refractivity contribution in [3.05, 3.63) is 49.8 Å². The number of benzene rings is 1. The summed E-state index contributed by atoms with van der Waals surface area (Å²) in [5.74, 6) is 0. The number of aryl methyl sites for hydroxylation is 2. The molecule has 0 spiro atoms. The molecule has 0 aliphatic heterocycles. The van der Waals surface area contributed by atoms with Gasteiger partial charge >= 0.3 is 0 Å². The molecule has 1 heterocycles. The first-order chi connectivity index (χ1) is 8.70. The fraction of sp³-hybridized carbons (Fsp3) is 0.400. The van der Waals surface area contributed by atoms with Crippen LogP contribution >= 0.6 is 15.9 Å². The number of halogens is 1. The van der Waals surface area contributed by atoms with Gasteiger partial charge in [-0.1, -0.05) is 26.8 Å². The van der Waals surface area contributed by atoms with Crippen molar-refractivity contribution in [2.24, 2.45) is 0 Å². The molecule has 2 aromatic rings. The minimum absolute atomic E-state index is 0.0464. The van der Waals surface area contributed by atoms with E-state index in [9.17, 15) is 4.79 Å². The lowest BCUT2D eigenvalue weighted by Crippen LogP contribution is -2.15. The Bertz CT molecular complexity index is 654. The number of aromatic nitrogens is 2. The number of aromatic amines is 1. The molecule has 0 amide bonds. The molecule has 1 N–H and O–H groups in total. The Balaban J connectivity index is 2.67. The molecule has 0 saturated heterocycles. The minimum Gasteiger partial charge on any atom is -0.293 e. The molecule has 3 nitrogen and oxygen atoms in total. The van der Waals surface area contributed by atoms with Crippen molar-refractivity contribution in [3.8, 4) is 5.69 Å². The van der Waals surface area contributed by atoms with Crippen molar-refractivity contribution in [1.82, 2.24) is 9.78 Å². The van der Waals surface area contributed by atoms with E-state index in [4.69, 9.17) is 0 Å². The largest absolute Gasteiger partial charge is 0.293 e. The van der Waals surface area contributed by atoms with Crippen molar-refractivity contribution in [2.75, 3.05) is 0 Å². The summed E-state index contributed by atoms with van der Waals surface area (Å²) in [6.45, 7) is 10.3. The third-order valence-corrected chi connectivity index (χ3v) is 3.78. The van der Waals surface area contributed by atoms with Gasteiger partial charge < -0.3 is 0 Å². The lowest BCUT2D eigenvalue weighted by atomic mass is 9.93. The highest BCUT2D eigenvalue weighted by molar-refractivity contribution is 9.10. The highest BCUT2D eigenvalue weighted by atomic mass is 79.9. The smallest absolute Gasteiger partial charge is 0.285 e. The third-order valence-electron chi connectivity index (χ3n) is 3.05. The van der Waals surface area contributed by atoms with E-state index in [1.165, 1.54) is 0 Å². The normalized spacial score (nSPS) is 11.9. The second-order valence-electron chi connectivity index (χ2n) is 6.04. The second-order valence-corrected chi connectivity index (χ2v) is 6.83. The Morgan fingerprint density at radius 3 is 2.05 bits per heavy atom. The van der Waals surface area contributed by atoms with Gasteiger partial charge in [0.2, 0.25) is 0 Å². The molecule has 0 aliphatic rings. The number of nitrogens with one attached hydrogen (secondary N) is 1. The zero-order valence-corrected chi connectivity index (χ0v) is 13.6. The molecular weight excluding hydrogens is 304 g/mol. The van der Waals surface area contributed by atoms with Crippen molar-refractivity contribution < 1.29 is 0 Å². The first-order valence-electron chi connectivity index (χ1n) is 6.30. The zero-order valence-electron chi connectivity index (χ0n) is 12.0. The molecular formula is C15H19BrN2O. The molecule has 0 aliphatic carbocycles. The molecule has 0 unspecified atom stereocenters. The number of hydrogen-bond donors (Lipinski definition) is 1. The van der Waals surface area contributed by atoms with Crippen LogP contribution in [-0.2, 0) is 5.41 Å². The SMILES string of the molecule is Cc1cc(C)cc(-n2[nH]c(C(C)(C)C)c(Br)c2=O)c1. The molecule has 19 heavy (non-hydrogen) atoms. The van der Waals surface area contributed by atoms with E-state index in [0.29, 0.717) is 4.47 Å². The van der Waals surface area contributed by atoms with E-state index in [0.717, 1.165) is 22.5 Å². The van der Waals surface area contributed by atoms with Crippen LogP contribution in [0.5, 0.6) is 0 Å². The standard InChI is InChI=1S/C15H19BrN2O/c1-9-6-10(2)8-11(7-9)18-14(19)12(16)13(17-18)15(3,4)5/h6-8,17H,1-5H3. The van der Waals surface area contributed by atoms with Crippen LogP contribution < -0.4 is 5.56 Å². The molecule has 4 heteroatoms. The van der Waals surface area contributed by atoms with Crippen LogP contribution in [-0.4, -0.2) is 9.78 Å². The predicted molar refractivity (Wildman–Crippen MR) is 82.3 cm³/mol. The lowest BCUT2D eigenvalue weighted by Gasteiger charge is -2.16. The van der Waals surface area contributed by atoms with Gasteiger partial charge in [0, 0.05) is 5.41 Å². The van der Waals surface area contributed by atoms with Crippen LogP contribution in [0.4, 0.5) is 0 Å². The van der Waals surface area contributed by atoms with Crippen molar-refractivity contribution >= 4 is 15.9 Å². The first-order valence-corrected chi connectivity index (χ1v) is 7.09. The van der Waals surface area contributed by atoms with Crippen molar-refractivity contribution in [1.29, 1.82) is 0 Å². The third kappa shape index (κ3) is 2.68. The zero-order chi connectivity index (χ0) is 14.4. The summed E-state index contributed by atoms with van der Waals surface area (Å²) in [6, 6.07) is 6.10. The van der Waals surface area contributed by atoms with E-state index in [2.05, 4.69) is 47.9 Å². The van der Waals surface area contributed by atoms with Crippen LogP contribution in [0.2, 0.25) is 0 Å². The summed E-state index contributed by atoms with van der Waals surface area (Å²) in [5, 5.41) is 3.22. The minimum atomic E-state index is -0.109. The Morgan fingerprint density at radius 1 is 1.11 bits per heavy atom. The molecule has 0 radical (unpaired) electrons. The average Bonchev–Trinajstić information content (AvgIpc) is 2.54. The van der Waals surface area contributed by atoms with Crippen LogP contribution in [0, 0.1) is 13.8 Å². The summed E-state index contributed by atoms with van der Waals surface area (Å²) in [7, 11) is 0. The molecule has 0 atom stereocenters. The Labute approximate surface area is 121 Å². The Hall–Kier alpha value is -1.29. The van der Waals surface area contributed by atoms with Gasteiger partial charge in [-0.2, -0.15) is 0 Å². The van der Waals surface area contributed by atoms with Crippen LogP contribution in [0.25, 0.3) is 5.69 Å². The number of nitrogens with zero attached hydrogens (tertiary/aromatic N) is 1. The molecule has 0 bridgehead atoms. The van der Waals surface area contributed by atoms with E-state index in [-0.39, 0.29) is 11.0 Å². The van der Waals surface area contributed by atoms with E-state index in [1.54, 1.807) is 4.68 Å². The summed E-state index contributed by atoms with van der Waals surface area (Å²) in [6.07, 6.45) is 0. The van der Waals surface area contributed by atoms with Crippen LogP contribution in [0.1, 0.15) is 37.6 Å². The maximum atomic E-state index is 12.3. The maximum absolute atomic E-state index is 12.3. The molecule has 1 aromatic heterocycles. The van der Waals surface area contributed by atoms with Crippen LogP contribution in [0.15, 0.2) is 27.5 Å². The summed E-state index contributed by atoms with van der Waals surface area (Å²) in [5.41, 5.74) is 3.92. The summed E-state index contributed by atoms with van der Waals surface area (Å²) in [4.78, 5) is 12.3. The van der Waals surface area contributed by atoms with Gasteiger partial charge in [-0.15, -0.1) is 0 Å². The lowest BCUT2D eigenvalue weighted by molar-refractivity contribution is 0.557. The van der Waals surface area contributed by atoms with E-state index in [1.807, 2.05) is 26.0 Å². The molecule has 1 aromatic carbocycles. The van der Waals surface area contributed by atoms with Crippen molar-refractivity contribution in [3.63, 3.8) is 0 Å². The van der Waals surface area contributed by atoms with Gasteiger partial charge in [0.15, 0.2) is 0 Å². The number of hydrogen-bond acceptors (Lipinski definition) is 1. The monoisotopic (exact) mass is 322 g/mol. The van der Waals surface area contributed by atoms with Gasteiger partial charge in [0.05, 0.1) is 11.4 Å². The first kappa shape index (κ1) is 14.1. The Morgan fingerprint density at radius 2 is 1.63 bits per heavy atom. The van der Waals surface area contributed by atoms with Crippen LogP contribution in [0.3, 0.4) is 0 Å². The fourth-order valence-corrected chi connectivity index (χ4v) is 3.04. The highest BCUT2D eigenvalue weighted by Gasteiger charge is 2.23. The quantitative estimate of drug-likeness (QED) is 0.851. The molecule has 102 valence electrons. The van der Waals surface area contributed by atoms with E-state index >= 15 is 0 Å². The number of rotatable bonds is 1. The van der Waals surface area contributed by atoms with Gasteiger partial charge in [0.1, 0.15) is 4.47 Å². The predicted octanol–water partition coefficient (Wildman–Crippen LogP) is 3.84. The topological polar surface area (TPSA) is 37.8 Å². The Kier molecular flexibility index (Phi) is 3.47. The molecule has 0 saturated carbocycles. The highest BCUT2D eigenvalue weighted by Crippen LogP contribution is 2.26. The number of H-pyrrole nitrogens is 1. The average molecular weight is 323 g/mol. The van der Waals surface area contributed by atoms with Crippen molar-refractivity contribution in [2.45, 2.75) is 40.0 Å². The fourth-order valence-electron chi connectivity index (χ4n) is 2.18. The van der Waals surface area contributed by atoms with Gasteiger partial charge in [-0.3, -0.25) is 9.89 Å². The second kappa shape index (κ2) is 4.67. The summed E-state index contributed by atoms with van der Waals surface area (Å²) < 4.78 is 2.21. The van der Waals surface area contributed by atoms with Gasteiger partial charge in [-0.05, 0) is 53.0 Å². The van der Waals surface area contributed by atoms with Gasteiger partial charge in [-0.25, -0.2) is 4.68 Å². The molecule has 0 fully saturated rings.